The summed E-state index contributed by atoms with van der Waals surface area (Å²) in [6.45, 7) is 0.980. The van der Waals surface area contributed by atoms with Gasteiger partial charge in [-0.05, 0) is 30.0 Å². The van der Waals surface area contributed by atoms with E-state index in [4.69, 9.17) is 0 Å². The van der Waals surface area contributed by atoms with E-state index in [2.05, 4.69) is 10.4 Å². The summed E-state index contributed by atoms with van der Waals surface area (Å²) in [6.07, 6.45) is -0.0472. The summed E-state index contributed by atoms with van der Waals surface area (Å²) in [4.78, 5) is 0. The maximum Gasteiger partial charge on any atom is 0.416 e. The predicted molar refractivity (Wildman–Crippen MR) is 105 cm³/mol. The van der Waals surface area contributed by atoms with E-state index in [-0.39, 0.29) is 12.1 Å². The Morgan fingerprint density at radius 2 is 1.72 bits per heavy atom. The molecule has 0 amide bonds. The number of aliphatic hydroxyl groups excluding tert-OH is 1. The number of hydrogen-bond donors (Lipinski definition) is 2. The van der Waals surface area contributed by atoms with Gasteiger partial charge in [-0.1, -0.05) is 48.5 Å². The van der Waals surface area contributed by atoms with Crippen molar-refractivity contribution in [3.05, 3.63) is 89.2 Å². The number of hydrogen-bond acceptors (Lipinski definition) is 3. The number of nitrogens with one attached hydrogen (secondary N) is 1. The van der Waals surface area contributed by atoms with Gasteiger partial charge in [0.15, 0.2) is 0 Å². The molecule has 0 fully saturated rings. The van der Waals surface area contributed by atoms with Crippen LogP contribution in [0.3, 0.4) is 0 Å². The molecule has 1 heterocycles. The van der Waals surface area contributed by atoms with Crippen molar-refractivity contribution in [2.45, 2.75) is 38.2 Å². The highest BCUT2D eigenvalue weighted by atomic mass is 19.4. The third kappa shape index (κ3) is 6.44. The Morgan fingerprint density at radius 3 is 2.48 bits per heavy atom. The van der Waals surface area contributed by atoms with Gasteiger partial charge in [-0.3, -0.25) is 4.68 Å². The summed E-state index contributed by atoms with van der Waals surface area (Å²) in [7, 11) is 0. The Bertz CT molecular complexity index is 894. The summed E-state index contributed by atoms with van der Waals surface area (Å²) >= 11 is 0. The van der Waals surface area contributed by atoms with Crippen LogP contribution in [0.4, 0.5) is 13.2 Å². The molecule has 2 N–H and O–H groups in total. The quantitative estimate of drug-likeness (QED) is 0.567. The van der Waals surface area contributed by atoms with Crippen molar-refractivity contribution >= 4 is 0 Å². The number of rotatable bonds is 9. The monoisotopic (exact) mass is 403 g/mol. The van der Waals surface area contributed by atoms with Gasteiger partial charge in [0.05, 0.1) is 24.4 Å². The first-order valence-corrected chi connectivity index (χ1v) is 9.51. The lowest BCUT2D eigenvalue weighted by Gasteiger charge is -2.12. The van der Waals surface area contributed by atoms with Crippen LogP contribution in [0.2, 0.25) is 0 Å². The van der Waals surface area contributed by atoms with E-state index in [0.717, 1.165) is 18.1 Å². The van der Waals surface area contributed by atoms with Gasteiger partial charge >= 0.3 is 6.18 Å². The number of halogens is 3. The van der Waals surface area contributed by atoms with Gasteiger partial charge in [0.25, 0.3) is 0 Å². The van der Waals surface area contributed by atoms with E-state index < -0.39 is 17.8 Å². The highest BCUT2D eigenvalue weighted by molar-refractivity contribution is 5.29. The topological polar surface area (TPSA) is 50.1 Å². The van der Waals surface area contributed by atoms with Gasteiger partial charge in [0, 0.05) is 24.8 Å². The zero-order chi connectivity index (χ0) is 20.7. The molecule has 0 aliphatic rings. The lowest BCUT2D eigenvalue weighted by molar-refractivity contribution is -0.138. The molecular weight excluding hydrogens is 379 g/mol. The molecule has 1 aromatic heterocycles. The van der Waals surface area contributed by atoms with Gasteiger partial charge in [0.2, 0.25) is 0 Å². The van der Waals surface area contributed by atoms with Crippen LogP contribution >= 0.6 is 0 Å². The van der Waals surface area contributed by atoms with Crippen molar-refractivity contribution in [2.75, 3.05) is 6.54 Å². The van der Waals surface area contributed by atoms with E-state index in [9.17, 15) is 18.3 Å². The number of benzene rings is 2. The third-order valence-electron chi connectivity index (χ3n) is 4.66. The molecule has 154 valence electrons. The fraction of sp³-hybridized carbons (Fsp3) is 0.318. The molecule has 0 aliphatic heterocycles. The van der Waals surface area contributed by atoms with Crippen molar-refractivity contribution < 1.29 is 18.3 Å². The van der Waals surface area contributed by atoms with Crippen LogP contribution < -0.4 is 5.32 Å². The summed E-state index contributed by atoms with van der Waals surface area (Å²) in [5.41, 5.74) is 1.58. The Morgan fingerprint density at radius 1 is 1.00 bits per heavy atom. The predicted octanol–water partition coefficient (Wildman–Crippen LogP) is 4.03. The molecule has 3 rings (SSSR count). The van der Waals surface area contributed by atoms with E-state index in [1.165, 1.54) is 22.4 Å². The van der Waals surface area contributed by atoms with Crippen molar-refractivity contribution in [2.24, 2.45) is 0 Å². The number of aliphatic hydroxyl groups is 1. The van der Waals surface area contributed by atoms with Gasteiger partial charge in [-0.2, -0.15) is 18.3 Å². The zero-order valence-corrected chi connectivity index (χ0v) is 15.9. The molecule has 1 atom stereocenters. The number of aromatic nitrogens is 2. The molecule has 0 bridgehead atoms. The van der Waals surface area contributed by atoms with Crippen molar-refractivity contribution in [3.8, 4) is 0 Å². The number of alkyl halides is 3. The highest BCUT2D eigenvalue weighted by Crippen LogP contribution is 2.32. The summed E-state index contributed by atoms with van der Waals surface area (Å²) in [6, 6.07) is 15.5. The molecule has 7 heteroatoms. The van der Waals surface area contributed by atoms with Crippen LogP contribution in [-0.2, 0) is 25.7 Å². The molecule has 3 aromatic rings. The fourth-order valence-corrected chi connectivity index (χ4v) is 3.16. The smallest absolute Gasteiger partial charge is 0.392 e. The lowest BCUT2D eigenvalue weighted by atomic mass is 10.1. The minimum absolute atomic E-state index is 0.0510. The van der Waals surface area contributed by atoms with Crippen LogP contribution in [-0.4, -0.2) is 27.5 Å². The maximum atomic E-state index is 13.1. The van der Waals surface area contributed by atoms with Crippen LogP contribution in [0.25, 0.3) is 0 Å². The summed E-state index contributed by atoms with van der Waals surface area (Å²) in [5.74, 6) is 0. The minimum atomic E-state index is -4.38. The summed E-state index contributed by atoms with van der Waals surface area (Å²) in [5, 5.41) is 17.4. The molecule has 0 aliphatic carbocycles. The van der Waals surface area contributed by atoms with Crippen molar-refractivity contribution in [3.63, 3.8) is 0 Å². The number of aryl methyl sites for hydroxylation is 1. The SMILES string of the molecule is OC(CCc1ccccc1)CNCc1cnn(Cc2ccccc2C(F)(F)F)c1. The van der Waals surface area contributed by atoms with E-state index >= 15 is 0 Å². The third-order valence-corrected chi connectivity index (χ3v) is 4.66. The molecule has 0 spiro atoms. The Kier molecular flexibility index (Phi) is 7.06. The molecule has 29 heavy (non-hydrogen) atoms. The van der Waals surface area contributed by atoms with Gasteiger partial charge in [0.1, 0.15) is 0 Å². The normalized spacial score (nSPS) is 12.8. The van der Waals surface area contributed by atoms with Crippen LogP contribution in [0.1, 0.15) is 28.7 Å². The largest absolute Gasteiger partial charge is 0.416 e. The molecule has 0 radical (unpaired) electrons. The number of nitrogens with zero attached hydrogens (tertiary/aromatic N) is 2. The second-order valence-electron chi connectivity index (χ2n) is 7.01. The lowest BCUT2D eigenvalue weighted by Crippen LogP contribution is -2.26. The second kappa shape index (κ2) is 9.71. The van der Waals surface area contributed by atoms with Crippen molar-refractivity contribution in [1.82, 2.24) is 15.1 Å². The van der Waals surface area contributed by atoms with Crippen LogP contribution in [0, 0.1) is 0 Å². The second-order valence-corrected chi connectivity index (χ2v) is 7.01. The van der Waals surface area contributed by atoms with Gasteiger partial charge in [-0.15, -0.1) is 0 Å². The molecule has 0 saturated heterocycles. The molecule has 0 saturated carbocycles. The average Bonchev–Trinajstić information content (AvgIpc) is 3.14. The first-order valence-electron chi connectivity index (χ1n) is 9.51. The van der Waals surface area contributed by atoms with Crippen molar-refractivity contribution in [1.29, 1.82) is 0 Å². The first-order chi connectivity index (χ1) is 13.9. The Hall–Kier alpha value is -2.64. The Labute approximate surface area is 168 Å². The van der Waals surface area contributed by atoms with Gasteiger partial charge < -0.3 is 10.4 Å². The van der Waals surface area contributed by atoms with E-state index in [0.29, 0.717) is 19.5 Å². The molecule has 2 aromatic carbocycles. The van der Waals surface area contributed by atoms with Crippen LogP contribution in [0.15, 0.2) is 67.0 Å². The summed E-state index contributed by atoms with van der Waals surface area (Å²) < 4.78 is 40.8. The molecular formula is C22H24F3N3O. The minimum Gasteiger partial charge on any atom is -0.392 e. The van der Waals surface area contributed by atoms with E-state index in [1.54, 1.807) is 18.5 Å². The standard InChI is InChI=1S/C22H24F3N3O/c23-22(24,25)21-9-5-4-8-19(21)16-28-15-18(13-27-28)12-26-14-20(29)11-10-17-6-2-1-3-7-17/h1-9,13,15,20,26,29H,10-12,14,16H2. The fourth-order valence-electron chi connectivity index (χ4n) is 3.16. The molecule has 1 unspecified atom stereocenters. The maximum absolute atomic E-state index is 13.1. The van der Waals surface area contributed by atoms with Gasteiger partial charge in [-0.25, -0.2) is 0 Å². The van der Waals surface area contributed by atoms with E-state index in [1.807, 2.05) is 30.3 Å². The van der Waals surface area contributed by atoms with Crippen LogP contribution in [0.5, 0.6) is 0 Å². The Balaban J connectivity index is 1.46. The average molecular weight is 403 g/mol. The zero-order valence-electron chi connectivity index (χ0n) is 15.9. The first kappa shape index (κ1) is 21.1. The molecule has 4 nitrogen and oxygen atoms in total. The highest BCUT2D eigenvalue weighted by Gasteiger charge is 2.32.